The van der Waals surface area contributed by atoms with Gasteiger partial charge in [-0.2, -0.15) is 0 Å². The van der Waals surface area contributed by atoms with Gasteiger partial charge in [-0.1, -0.05) is 26.0 Å². The fourth-order valence-electron chi connectivity index (χ4n) is 4.54. The second-order valence-corrected chi connectivity index (χ2v) is 10.3. The van der Waals surface area contributed by atoms with E-state index in [1.165, 1.54) is 4.90 Å². The van der Waals surface area contributed by atoms with Crippen molar-refractivity contribution in [2.45, 2.75) is 64.1 Å². The predicted octanol–water partition coefficient (Wildman–Crippen LogP) is -0.320. The Kier molecular flexibility index (Phi) is 6.71. The highest BCUT2D eigenvalue weighted by molar-refractivity contribution is 5.90. The van der Waals surface area contributed by atoms with Crippen molar-refractivity contribution < 1.29 is 24.2 Å². The fourth-order valence-corrected chi connectivity index (χ4v) is 4.54. The molecule has 3 amide bonds. The zero-order valence-corrected chi connectivity index (χ0v) is 19.6. The number of likely N-dealkylation sites (tertiary alicyclic amines) is 1. The van der Waals surface area contributed by atoms with Crippen LogP contribution in [0, 0.1) is 5.41 Å². The molecule has 2 aliphatic heterocycles. The van der Waals surface area contributed by atoms with Gasteiger partial charge in [0.1, 0.15) is 18.7 Å². The van der Waals surface area contributed by atoms with Gasteiger partial charge in [0, 0.05) is 44.7 Å². The predicted molar refractivity (Wildman–Crippen MR) is 117 cm³/mol. The molecule has 0 bridgehead atoms. The van der Waals surface area contributed by atoms with Crippen molar-refractivity contribution in [3.05, 3.63) is 11.9 Å². The van der Waals surface area contributed by atoms with Gasteiger partial charge in [0.15, 0.2) is 0 Å². The Morgan fingerprint density at radius 2 is 2.09 bits per heavy atom. The Morgan fingerprint density at radius 1 is 1.33 bits per heavy atom. The molecule has 4 rings (SSSR count). The van der Waals surface area contributed by atoms with Crippen molar-refractivity contribution >= 4 is 17.7 Å². The van der Waals surface area contributed by atoms with Gasteiger partial charge in [-0.15, -0.1) is 5.10 Å². The standard InChI is InChI=1S/C22H34N6O5/c1-22(2,3)19(28-12-16(24-25-28)14-4-5-14)21(32)27-11-15(29)10-17(27)20(31)23-6-7-26-8-9-33-13-18(26)30/h12,14-15,17,19,29H,4-11,13H2,1-3H3,(H,23,31)/t15-,17+,19-/m1/s1. The van der Waals surface area contributed by atoms with E-state index in [1.54, 1.807) is 9.58 Å². The number of aromatic nitrogens is 3. The highest BCUT2D eigenvalue weighted by atomic mass is 16.5. The highest BCUT2D eigenvalue weighted by Gasteiger charge is 2.45. The van der Waals surface area contributed by atoms with Gasteiger partial charge >= 0.3 is 0 Å². The lowest BCUT2D eigenvalue weighted by molar-refractivity contribution is -0.144. The van der Waals surface area contributed by atoms with Crippen LogP contribution in [0.3, 0.4) is 0 Å². The van der Waals surface area contributed by atoms with Crippen LogP contribution in [0.15, 0.2) is 6.20 Å². The third-order valence-corrected chi connectivity index (χ3v) is 6.47. The smallest absolute Gasteiger partial charge is 0.248 e. The number of hydrogen-bond acceptors (Lipinski definition) is 7. The number of carbonyl (C=O) groups excluding carboxylic acids is 3. The summed E-state index contributed by atoms with van der Waals surface area (Å²) >= 11 is 0. The minimum absolute atomic E-state index is 0.0595. The number of amides is 3. The first-order valence-electron chi connectivity index (χ1n) is 11.7. The van der Waals surface area contributed by atoms with Crippen LogP contribution in [0.4, 0.5) is 0 Å². The second kappa shape index (κ2) is 9.38. The molecule has 3 aliphatic rings. The zero-order chi connectivity index (χ0) is 23.8. The molecule has 3 heterocycles. The van der Waals surface area contributed by atoms with E-state index in [9.17, 15) is 19.5 Å². The molecule has 0 spiro atoms. The van der Waals surface area contributed by atoms with Crippen molar-refractivity contribution in [1.29, 1.82) is 0 Å². The molecule has 0 aromatic carbocycles. The Hall–Kier alpha value is -2.53. The Morgan fingerprint density at radius 3 is 2.76 bits per heavy atom. The number of nitrogens with zero attached hydrogens (tertiary/aromatic N) is 5. The molecule has 1 aliphatic carbocycles. The maximum atomic E-state index is 13.7. The van der Waals surface area contributed by atoms with E-state index in [1.807, 2.05) is 27.0 Å². The lowest BCUT2D eigenvalue weighted by Crippen LogP contribution is -2.51. The number of rotatable bonds is 7. The van der Waals surface area contributed by atoms with E-state index in [0.29, 0.717) is 25.6 Å². The number of aliphatic hydroxyl groups excluding tert-OH is 1. The second-order valence-electron chi connectivity index (χ2n) is 10.3. The molecule has 182 valence electrons. The van der Waals surface area contributed by atoms with Crippen LogP contribution in [0.25, 0.3) is 0 Å². The fraction of sp³-hybridized carbons (Fsp3) is 0.773. The molecule has 3 atom stereocenters. The van der Waals surface area contributed by atoms with Crippen LogP contribution in [0.5, 0.6) is 0 Å². The number of nitrogens with one attached hydrogen (secondary N) is 1. The summed E-state index contributed by atoms with van der Waals surface area (Å²) < 4.78 is 6.73. The van der Waals surface area contributed by atoms with Gasteiger partial charge in [-0.05, 0) is 18.3 Å². The normalized spacial score (nSPS) is 24.8. The number of carbonyl (C=O) groups is 3. The van der Waals surface area contributed by atoms with Crippen LogP contribution in [-0.4, -0.2) is 99.2 Å². The highest BCUT2D eigenvalue weighted by Crippen LogP contribution is 2.40. The number of aliphatic hydroxyl groups is 1. The average molecular weight is 463 g/mol. The van der Waals surface area contributed by atoms with Crippen molar-refractivity contribution in [2.24, 2.45) is 5.41 Å². The van der Waals surface area contributed by atoms with Gasteiger partial charge in [-0.25, -0.2) is 4.68 Å². The number of morpholine rings is 1. The van der Waals surface area contributed by atoms with E-state index in [2.05, 4.69) is 15.6 Å². The molecule has 11 heteroatoms. The van der Waals surface area contributed by atoms with Crippen molar-refractivity contribution in [2.75, 3.05) is 39.4 Å². The molecule has 2 N–H and O–H groups in total. The van der Waals surface area contributed by atoms with Gasteiger partial charge in [0.25, 0.3) is 0 Å². The number of hydrogen-bond donors (Lipinski definition) is 2. The molecular weight excluding hydrogens is 428 g/mol. The number of β-amino-alcohol motifs (C(OH)–C–C–N with tert-alkyl or cyclic N) is 1. The van der Waals surface area contributed by atoms with E-state index in [-0.39, 0.29) is 43.8 Å². The Labute approximate surface area is 193 Å². The largest absolute Gasteiger partial charge is 0.391 e. The molecule has 3 fully saturated rings. The molecule has 0 radical (unpaired) electrons. The minimum atomic E-state index is -0.774. The molecule has 11 nitrogen and oxygen atoms in total. The first-order chi connectivity index (χ1) is 15.6. The summed E-state index contributed by atoms with van der Waals surface area (Å²) in [4.78, 5) is 41.6. The average Bonchev–Trinajstić information content (AvgIpc) is 3.36. The molecular formula is C22H34N6O5. The molecule has 33 heavy (non-hydrogen) atoms. The summed E-state index contributed by atoms with van der Waals surface area (Å²) in [5, 5.41) is 21.6. The maximum Gasteiger partial charge on any atom is 0.248 e. The maximum absolute atomic E-state index is 13.7. The van der Waals surface area contributed by atoms with E-state index >= 15 is 0 Å². The lowest BCUT2D eigenvalue weighted by Gasteiger charge is -2.34. The summed E-state index contributed by atoms with van der Waals surface area (Å²) in [6, 6.07) is -1.42. The lowest BCUT2D eigenvalue weighted by atomic mass is 9.85. The molecule has 1 saturated carbocycles. The van der Waals surface area contributed by atoms with Crippen molar-refractivity contribution in [1.82, 2.24) is 30.1 Å². The van der Waals surface area contributed by atoms with E-state index in [4.69, 9.17) is 4.74 Å². The van der Waals surface area contributed by atoms with Crippen LogP contribution >= 0.6 is 0 Å². The topological polar surface area (TPSA) is 130 Å². The van der Waals surface area contributed by atoms with Gasteiger partial charge in [0.2, 0.25) is 17.7 Å². The summed E-state index contributed by atoms with van der Waals surface area (Å²) in [7, 11) is 0. The first-order valence-corrected chi connectivity index (χ1v) is 11.7. The van der Waals surface area contributed by atoms with Crippen LogP contribution < -0.4 is 5.32 Å². The van der Waals surface area contributed by atoms with Gasteiger partial charge < -0.3 is 25.0 Å². The Balaban J connectivity index is 1.43. The summed E-state index contributed by atoms with van der Waals surface area (Å²) in [6.45, 7) is 7.64. The van der Waals surface area contributed by atoms with Crippen LogP contribution in [-0.2, 0) is 19.1 Å². The van der Waals surface area contributed by atoms with Crippen molar-refractivity contribution in [3.63, 3.8) is 0 Å². The monoisotopic (exact) mass is 462 g/mol. The quantitative estimate of drug-likeness (QED) is 0.568. The minimum Gasteiger partial charge on any atom is -0.391 e. The van der Waals surface area contributed by atoms with Gasteiger partial charge in [-0.3, -0.25) is 14.4 Å². The first kappa shape index (κ1) is 23.6. The van der Waals surface area contributed by atoms with Crippen molar-refractivity contribution in [3.8, 4) is 0 Å². The molecule has 1 aromatic heterocycles. The van der Waals surface area contributed by atoms with E-state index in [0.717, 1.165) is 18.5 Å². The summed E-state index contributed by atoms with van der Waals surface area (Å²) in [6.07, 6.45) is 3.42. The summed E-state index contributed by atoms with van der Waals surface area (Å²) in [5.74, 6) is -0.268. The van der Waals surface area contributed by atoms with Crippen LogP contribution in [0.2, 0.25) is 0 Å². The van der Waals surface area contributed by atoms with Crippen LogP contribution in [0.1, 0.15) is 57.7 Å². The van der Waals surface area contributed by atoms with E-state index < -0.39 is 23.6 Å². The summed E-state index contributed by atoms with van der Waals surface area (Å²) in [5.41, 5.74) is 0.419. The SMILES string of the molecule is CC(C)(C)[C@@H](C(=O)N1C[C@H](O)C[C@H]1C(=O)NCCN1CCOCC1=O)n1cc(C2CC2)nn1. The third kappa shape index (κ3) is 5.35. The zero-order valence-electron chi connectivity index (χ0n) is 19.6. The Bertz CT molecular complexity index is 892. The molecule has 1 aromatic rings. The molecule has 2 saturated heterocycles. The number of ether oxygens (including phenoxy) is 1. The third-order valence-electron chi connectivity index (χ3n) is 6.47. The molecule has 0 unspecified atom stereocenters. The van der Waals surface area contributed by atoms with Gasteiger partial charge in [0.05, 0.1) is 18.4 Å².